The Labute approximate surface area is 158 Å². The maximum absolute atomic E-state index is 12.5. The maximum Gasteiger partial charge on any atom is 0.328 e. The SMILES string of the molecule is COC(=O)[C@@H](CCSC)NC(=O)c1ccc(S(=O)(=O)N2CCCC2)cc1. The summed E-state index contributed by atoms with van der Waals surface area (Å²) in [5, 5.41) is 2.65. The van der Waals surface area contributed by atoms with E-state index < -0.39 is 27.9 Å². The second-order valence-corrected chi connectivity index (χ2v) is 8.89. The molecule has 1 amide bonds. The number of hydrogen-bond acceptors (Lipinski definition) is 6. The monoisotopic (exact) mass is 400 g/mol. The van der Waals surface area contributed by atoms with Gasteiger partial charge in [0.2, 0.25) is 10.0 Å². The van der Waals surface area contributed by atoms with E-state index in [4.69, 9.17) is 4.74 Å². The van der Waals surface area contributed by atoms with Gasteiger partial charge in [-0.3, -0.25) is 4.79 Å². The van der Waals surface area contributed by atoms with Crippen LogP contribution in [0.25, 0.3) is 0 Å². The van der Waals surface area contributed by atoms with Crippen molar-refractivity contribution in [2.75, 3.05) is 32.2 Å². The van der Waals surface area contributed by atoms with Gasteiger partial charge in [0.05, 0.1) is 12.0 Å². The number of ether oxygens (including phenoxy) is 1. The van der Waals surface area contributed by atoms with E-state index in [1.165, 1.54) is 35.7 Å². The lowest BCUT2D eigenvalue weighted by molar-refractivity contribution is -0.142. The molecule has 144 valence electrons. The van der Waals surface area contributed by atoms with Crippen LogP contribution >= 0.6 is 11.8 Å². The zero-order chi connectivity index (χ0) is 19.2. The normalized spacial score (nSPS) is 16.2. The molecule has 1 aromatic rings. The number of nitrogens with one attached hydrogen (secondary N) is 1. The second-order valence-electron chi connectivity index (χ2n) is 5.97. The summed E-state index contributed by atoms with van der Waals surface area (Å²) in [5.74, 6) is -0.236. The average molecular weight is 401 g/mol. The highest BCUT2D eigenvalue weighted by molar-refractivity contribution is 7.98. The second kappa shape index (κ2) is 9.38. The number of methoxy groups -OCH3 is 1. The molecule has 1 aromatic carbocycles. The lowest BCUT2D eigenvalue weighted by atomic mass is 10.1. The Morgan fingerprint density at radius 1 is 1.23 bits per heavy atom. The highest BCUT2D eigenvalue weighted by atomic mass is 32.2. The summed E-state index contributed by atoms with van der Waals surface area (Å²) >= 11 is 1.57. The minimum absolute atomic E-state index is 0.169. The molecule has 1 aliphatic rings. The molecule has 1 aliphatic heterocycles. The van der Waals surface area contributed by atoms with Gasteiger partial charge in [0.25, 0.3) is 5.91 Å². The van der Waals surface area contributed by atoms with E-state index in [0.29, 0.717) is 30.8 Å². The summed E-state index contributed by atoms with van der Waals surface area (Å²) in [7, 11) is -2.23. The summed E-state index contributed by atoms with van der Waals surface area (Å²) in [6, 6.07) is 5.05. The Morgan fingerprint density at radius 2 is 1.85 bits per heavy atom. The fourth-order valence-corrected chi connectivity index (χ4v) is 4.71. The van der Waals surface area contributed by atoms with Crippen molar-refractivity contribution in [3.8, 4) is 0 Å². The first-order valence-corrected chi connectivity index (χ1v) is 11.2. The largest absolute Gasteiger partial charge is 0.467 e. The van der Waals surface area contributed by atoms with Crippen molar-refractivity contribution in [2.24, 2.45) is 0 Å². The minimum atomic E-state index is -3.51. The van der Waals surface area contributed by atoms with Crippen LogP contribution in [-0.4, -0.2) is 62.8 Å². The summed E-state index contributed by atoms with van der Waals surface area (Å²) < 4.78 is 31.2. The molecule has 2 rings (SSSR count). The molecule has 1 saturated heterocycles. The number of sulfonamides is 1. The van der Waals surface area contributed by atoms with E-state index in [9.17, 15) is 18.0 Å². The smallest absolute Gasteiger partial charge is 0.328 e. The van der Waals surface area contributed by atoms with E-state index in [2.05, 4.69) is 5.32 Å². The lowest BCUT2D eigenvalue weighted by Crippen LogP contribution is -2.42. The topological polar surface area (TPSA) is 92.8 Å². The molecule has 0 spiro atoms. The number of rotatable bonds is 8. The first-order chi connectivity index (χ1) is 12.4. The molecule has 26 heavy (non-hydrogen) atoms. The van der Waals surface area contributed by atoms with E-state index in [-0.39, 0.29) is 4.90 Å². The number of amides is 1. The van der Waals surface area contributed by atoms with Crippen LogP contribution < -0.4 is 5.32 Å². The third kappa shape index (κ3) is 4.99. The Hall–Kier alpha value is -1.58. The summed E-state index contributed by atoms with van der Waals surface area (Å²) in [6.45, 7) is 1.06. The van der Waals surface area contributed by atoms with E-state index in [1.807, 2.05) is 6.26 Å². The Balaban J connectivity index is 2.08. The van der Waals surface area contributed by atoms with Crippen LogP contribution in [0.4, 0.5) is 0 Å². The van der Waals surface area contributed by atoms with E-state index in [1.54, 1.807) is 11.8 Å². The summed E-state index contributed by atoms with van der Waals surface area (Å²) in [5.41, 5.74) is 0.295. The maximum atomic E-state index is 12.5. The van der Waals surface area contributed by atoms with Crippen molar-refractivity contribution in [3.63, 3.8) is 0 Å². The van der Waals surface area contributed by atoms with Crippen LogP contribution in [0.3, 0.4) is 0 Å². The molecule has 0 aliphatic carbocycles. The van der Waals surface area contributed by atoms with Gasteiger partial charge in [-0.2, -0.15) is 16.1 Å². The van der Waals surface area contributed by atoms with Gasteiger partial charge >= 0.3 is 5.97 Å². The molecule has 1 atom stereocenters. The number of hydrogen-bond donors (Lipinski definition) is 1. The lowest BCUT2D eigenvalue weighted by Gasteiger charge is -2.17. The van der Waals surface area contributed by atoms with Crippen molar-refractivity contribution < 1.29 is 22.7 Å². The number of carbonyl (C=O) groups is 2. The van der Waals surface area contributed by atoms with Gasteiger partial charge in [-0.15, -0.1) is 0 Å². The Bertz CT molecular complexity index is 728. The molecule has 7 nitrogen and oxygen atoms in total. The van der Waals surface area contributed by atoms with Crippen molar-refractivity contribution >= 4 is 33.7 Å². The van der Waals surface area contributed by atoms with Crippen LogP contribution in [0.2, 0.25) is 0 Å². The van der Waals surface area contributed by atoms with Crippen molar-refractivity contribution in [1.29, 1.82) is 0 Å². The molecular weight excluding hydrogens is 376 g/mol. The zero-order valence-electron chi connectivity index (χ0n) is 14.9. The predicted molar refractivity (Wildman–Crippen MR) is 101 cm³/mol. The van der Waals surface area contributed by atoms with Crippen LogP contribution in [0.1, 0.15) is 29.6 Å². The molecule has 9 heteroatoms. The van der Waals surface area contributed by atoms with Crippen molar-refractivity contribution in [3.05, 3.63) is 29.8 Å². The molecule has 1 N–H and O–H groups in total. The van der Waals surface area contributed by atoms with Gasteiger partial charge in [0, 0.05) is 18.7 Å². The summed E-state index contributed by atoms with van der Waals surface area (Å²) in [4.78, 5) is 24.3. The fraction of sp³-hybridized carbons (Fsp3) is 0.529. The number of nitrogens with zero attached hydrogens (tertiary/aromatic N) is 1. The van der Waals surface area contributed by atoms with Gasteiger partial charge in [0.1, 0.15) is 6.04 Å². The predicted octanol–water partition coefficient (Wildman–Crippen LogP) is 1.50. The van der Waals surface area contributed by atoms with Crippen LogP contribution in [0.15, 0.2) is 29.2 Å². The molecule has 0 radical (unpaired) electrons. The molecule has 1 heterocycles. The number of thioether (sulfide) groups is 1. The van der Waals surface area contributed by atoms with Crippen molar-refractivity contribution in [1.82, 2.24) is 9.62 Å². The van der Waals surface area contributed by atoms with Crippen LogP contribution in [0.5, 0.6) is 0 Å². The fourth-order valence-electron chi connectivity index (χ4n) is 2.72. The van der Waals surface area contributed by atoms with Crippen molar-refractivity contribution in [2.45, 2.75) is 30.2 Å². The summed E-state index contributed by atoms with van der Waals surface area (Å²) in [6.07, 6.45) is 4.10. The molecule has 0 saturated carbocycles. The molecule has 0 bridgehead atoms. The number of benzene rings is 1. The standard InChI is InChI=1S/C17H24N2O5S2/c1-24-17(21)15(9-12-25-2)18-16(20)13-5-7-14(8-6-13)26(22,23)19-10-3-4-11-19/h5-8,15H,3-4,9-12H2,1-2H3,(H,18,20)/t15-/m1/s1. The molecular formula is C17H24N2O5S2. The molecule has 0 unspecified atom stereocenters. The third-order valence-electron chi connectivity index (χ3n) is 4.22. The minimum Gasteiger partial charge on any atom is -0.467 e. The van der Waals surface area contributed by atoms with Gasteiger partial charge in [-0.25, -0.2) is 13.2 Å². The number of esters is 1. The Kier molecular flexibility index (Phi) is 7.48. The number of carbonyl (C=O) groups excluding carboxylic acids is 2. The molecule has 1 fully saturated rings. The zero-order valence-corrected chi connectivity index (χ0v) is 16.6. The first-order valence-electron chi connectivity index (χ1n) is 8.38. The average Bonchev–Trinajstić information content (AvgIpc) is 3.20. The van der Waals surface area contributed by atoms with Gasteiger partial charge in [-0.1, -0.05) is 0 Å². The van der Waals surface area contributed by atoms with Gasteiger partial charge < -0.3 is 10.1 Å². The van der Waals surface area contributed by atoms with E-state index in [0.717, 1.165) is 12.8 Å². The highest BCUT2D eigenvalue weighted by Gasteiger charge is 2.27. The first kappa shape index (κ1) is 20.7. The van der Waals surface area contributed by atoms with E-state index >= 15 is 0 Å². The van der Waals surface area contributed by atoms with Gasteiger partial charge in [-0.05, 0) is 55.5 Å². The van der Waals surface area contributed by atoms with Crippen LogP contribution in [0, 0.1) is 0 Å². The highest BCUT2D eigenvalue weighted by Crippen LogP contribution is 2.21. The van der Waals surface area contributed by atoms with Gasteiger partial charge in [0.15, 0.2) is 0 Å². The quantitative estimate of drug-likeness (QED) is 0.665. The molecule has 0 aromatic heterocycles. The third-order valence-corrected chi connectivity index (χ3v) is 6.78. The Morgan fingerprint density at radius 3 is 2.38 bits per heavy atom. The van der Waals surface area contributed by atoms with Crippen LogP contribution in [-0.2, 0) is 19.6 Å².